The van der Waals surface area contributed by atoms with E-state index in [0.29, 0.717) is 26.4 Å². The first-order chi connectivity index (χ1) is 17.0. The number of ether oxygens (including phenoxy) is 2. The first kappa shape index (κ1) is 22.7. The van der Waals surface area contributed by atoms with Crippen molar-refractivity contribution in [2.75, 3.05) is 13.7 Å². The van der Waals surface area contributed by atoms with Crippen LogP contribution in [0.3, 0.4) is 0 Å². The van der Waals surface area contributed by atoms with E-state index in [-0.39, 0.29) is 12.2 Å². The lowest BCUT2D eigenvalue weighted by molar-refractivity contribution is -0.139. The van der Waals surface area contributed by atoms with Gasteiger partial charge in [-0.15, -0.1) is 0 Å². The lowest BCUT2D eigenvalue weighted by Gasteiger charge is -2.26. The summed E-state index contributed by atoms with van der Waals surface area (Å²) in [5.41, 5.74) is 2.33. The van der Waals surface area contributed by atoms with Crippen molar-refractivity contribution in [1.82, 2.24) is 9.55 Å². The predicted molar refractivity (Wildman–Crippen MR) is 135 cm³/mol. The minimum absolute atomic E-state index is 0.218. The molecule has 0 amide bonds. The zero-order chi connectivity index (χ0) is 24.5. The number of hydrogen-bond donors (Lipinski definition) is 0. The topological polar surface area (TPSA) is 82.8 Å². The average molecular weight is 486 g/mol. The van der Waals surface area contributed by atoms with Crippen LogP contribution >= 0.6 is 11.3 Å². The van der Waals surface area contributed by atoms with Crippen LogP contribution in [0, 0.1) is 0 Å². The van der Waals surface area contributed by atoms with Crippen LogP contribution < -0.4 is 19.6 Å². The molecule has 8 heteroatoms. The molecule has 0 radical (unpaired) electrons. The van der Waals surface area contributed by atoms with Gasteiger partial charge in [0.1, 0.15) is 5.75 Å². The second-order valence-electron chi connectivity index (χ2n) is 8.02. The van der Waals surface area contributed by atoms with E-state index in [9.17, 15) is 9.59 Å². The van der Waals surface area contributed by atoms with Gasteiger partial charge in [-0.1, -0.05) is 35.6 Å². The average Bonchev–Trinajstić information content (AvgIpc) is 3.17. The third kappa shape index (κ3) is 4.06. The van der Waals surface area contributed by atoms with Gasteiger partial charge in [-0.2, -0.15) is 0 Å². The smallest absolute Gasteiger partial charge is 0.338 e. The molecule has 2 aromatic carbocycles. The standard InChI is InChI=1S/C27H23N3O4S/c1-4-34-26(32)23-16(2)29-27-30(25(31)22(35-27)14-17-10-12-28-13-11-17)24(23)20-7-5-6-18-8-9-19(33-3)15-21(18)20/h5-15,24H,4H2,1-3H3/b22-14+/t24-/m0/s1. The van der Waals surface area contributed by atoms with Crippen LogP contribution in [0.15, 0.2) is 82.0 Å². The van der Waals surface area contributed by atoms with E-state index in [1.54, 1.807) is 37.9 Å². The quantitative estimate of drug-likeness (QED) is 0.405. The van der Waals surface area contributed by atoms with Crippen LogP contribution in [0.25, 0.3) is 16.8 Å². The van der Waals surface area contributed by atoms with Crippen molar-refractivity contribution in [2.24, 2.45) is 4.99 Å². The van der Waals surface area contributed by atoms with Crippen LogP contribution in [-0.2, 0) is 9.53 Å². The summed E-state index contributed by atoms with van der Waals surface area (Å²) < 4.78 is 13.0. The van der Waals surface area contributed by atoms with Crippen molar-refractivity contribution in [3.63, 3.8) is 0 Å². The van der Waals surface area contributed by atoms with E-state index in [2.05, 4.69) is 9.98 Å². The van der Waals surface area contributed by atoms with Gasteiger partial charge >= 0.3 is 5.97 Å². The van der Waals surface area contributed by atoms with Crippen molar-refractivity contribution < 1.29 is 14.3 Å². The molecular formula is C27H23N3O4S. The summed E-state index contributed by atoms with van der Waals surface area (Å²) in [6.07, 6.45) is 5.18. The summed E-state index contributed by atoms with van der Waals surface area (Å²) in [5.74, 6) is 0.204. The Balaban J connectivity index is 1.82. The molecule has 0 saturated heterocycles. The molecule has 0 saturated carbocycles. The highest BCUT2D eigenvalue weighted by molar-refractivity contribution is 7.07. The van der Waals surface area contributed by atoms with Crippen LogP contribution in [0.4, 0.5) is 0 Å². The van der Waals surface area contributed by atoms with E-state index in [1.165, 1.54) is 11.3 Å². The first-order valence-corrected chi connectivity index (χ1v) is 12.0. The molecule has 0 bridgehead atoms. The number of fused-ring (bicyclic) bond motifs is 2. The summed E-state index contributed by atoms with van der Waals surface area (Å²) in [6, 6.07) is 14.6. The number of carbonyl (C=O) groups excluding carboxylic acids is 1. The van der Waals surface area contributed by atoms with Gasteiger partial charge in [-0.3, -0.25) is 14.3 Å². The maximum Gasteiger partial charge on any atom is 0.338 e. The normalized spacial score (nSPS) is 15.6. The minimum Gasteiger partial charge on any atom is -0.497 e. The lowest BCUT2D eigenvalue weighted by atomic mass is 9.91. The molecular weight excluding hydrogens is 462 g/mol. The van der Waals surface area contributed by atoms with Crippen molar-refractivity contribution in [3.8, 4) is 5.75 Å². The fourth-order valence-corrected chi connectivity index (χ4v) is 5.38. The maximum absolute atomic E-state index is 13.8. The van der Waals surface area contributed by atoms with E-state index in [1.807, 2.05) is 54.6 Å². The van der Waals surface area contributed by atoms with Crippen molar-refractivity contribution in [1.29, 1.82) is 0 Å². The van der Waals surface area contributed by atoms with Gasteiger partial charge in [-0.05, 0) is 66.1 Å². The van der Waals surface area contributed by atoms with Crippen LogP contribution in [0.1, 0.15) is 31.0 Å². The van der Waals surface area contributed by atoms with E-state index < -0.39 is 12.0 Å². The highest BCUT2D eigenvalue weighted by Gasteiger charge is 2.34. The number of esters is 1. The number of rotatable bonds is 5. The Morgan fingerprint density at radius 3 is 2.71 bits per heavy atom. The first-order valence-electron chi connectivity index (χ1n) is 11.2. The Labute approximate surface area is 205 Å². The van der Waals surface area contributed by atoms with Gasteiger partial charge in [0.05, 0.1) is 35.6 Å². The Bertz CT molecular complexity index is 1650. The number of aromatic nitrogens is 2. The molecule has 4 aromatic rings. The van der Waals surface area contributed by atoms with Gasteiger partial charge in [0.15, 0.2) is 4.80 Å². The van der Waals surface area contributed by atoms with E-state index in [4.69, 9.17) is 9.47 Å². The number of thiazole rings is 1. The fraction of sp³-hybridized carbons (Fsp3) is 0.185. The molecule has 35 heavy (non-hydrogen) atoms. The number of benzene rings is 2. The maximum atomic E-state index is 13.8. The minimum atomic E-state index is -0.694. The van der Waals surface area contributed by atoms with Crippen molar-refractivity contribution in [2.45, 2.75) is 19.9 Å². The molecule has 0 fully saturated rings. The number of allylic oxidation sites excluding steroid dienone is 1. The van der Waals surface area contributed by atoms with Gasteiger partial charge in [0, 0.05) is 12.4 Å². The molecule has 0 aliphatic carbocycles. The highest BCUT2D eigenvalue weighted by Crippen LogP contribution is 2.36. The second kappa shape index (κ2) is 9.31. The highest BCUT2D eigenvalue weighted by atomic mass is 32.1. The monoisotopic (exact) mass is 485 g/mol. The molecule has 176 valence electrons. The van der Waals surface area contributed by atoms with Gasteiger partial charge in [0.2, 0.25) is 0 Å². The summed E-state index contributed by atoms with van der Waals surface area (Å²) in [5, 5.41) is 1.86. The predicted octanol–water partition coefficient (Wildman–Crippen LogP) is 3.36. The lowest BCUT2D eigenvalue weighted by Crippen LogP contribution is -2.40. The third-order valence-corrected chi connectivity index (χ3v) is 6.92. The molecule has 7 nitrogen and oxygen atoms in total. The molecule has 0 unspecified atom stereocenters. The largest absolute Gasteiger partial charge is 0.497 e. The van der Waals surface area contributed by atoms with Crippen LogP contribution in [0.5, 0.6) is 5.75 Å². The third-order valence-electron chi connectivity index (χ3n) is 5.94. The molecule has 2 aromatic heterocycles. The molecule has 0 N–H and O–H groups in total. The van der Waals surface area contributed by atoms with E-state index in [0.717, 1.165) is 21.9 Å². The Morgan fingerprint density at radius 1 is 1.17 bits per heavy atom. The van der Waals surface area contributed by atoms with Crippen LogP contribution in [-0.4, -0.2) is 29.2 Å². The van der Waals surface area contributed by atoms with Crippen molar-refractivity contribution in [3.05, 3.63) is 103 Å². The zero-order valence-electron chi connectivity index (χ0n) is 19.5. The fourth-order valence-electron chi connectivity index (χ4n) is 4.34. The molecule has 1 aliphatic heterocycles. The summed E-state index contributed by atoms with van der Waals surface area (Å²) in [6.45, 7) is 3.76. The van der Waals surface area contributed by atoms with E-state index >= 15 is 0 Å². The summed E-state index contributed by atoms with van der Waals surface area (Å²) in [7, 11) is 1.61. The number of hydrogen-bond acceptors (Lipinski definition) is 7. The number of nitrogens with zero attached hydrogens (tertiary/aromatic N) is 3. The Kier molecular flexibility index (Phi) is 6.05. The van der Waals surface area contributed by atoms with Crippen LogP contribution in [0.2, 0.25) is 0 Å². The molecule has 1 aliphatic rings. The summed E-state index contributed by atoms with van der Waals surface area (Å²) in [4.78, 5) is 36.2. The SMILES string of the molecule is CCOC(=O)C1=C(C)N=c2s/c(=C/c3ccncc3)c(=O)n2[C@H]1c1cccc2ccc(OC)cc12. The molecule has 5 rings (SSSR count). The van der Waals surface area contributed by atoms with Gasteiger partial charge in [0.25, 0.3) is 5.56 Å². The van der Waals surface area contributed by atoms with Crippen molar-refractivity contribution >= 4 is 34.2 Å². The van der Waals surface area contributed by atoms with Gasteiger partial charge in [-0.25, -0.2) is 9.79 Å². The zero-order valence-corrected chi connectivity index (χ0v) is 20.3. The van der Waals surface area contributed by atoms with Gasteiger partial charge < -0.3 is 9.47 Å². The number of carbonyl (C=O) groups is 1. The second-order valence-corrected chi connectivity index (χ2v) is 9.03. The summed E-state index contributed by atoms with van der Waals surface area (Å²) >= 11 is 1.30. The number of methoxy groups -OCH3 is 1. The Hall–Kier alpha value is -4.04. The molecule has 3 heterocycles. The molecule has 0 spiro atoms. The molecule has 1 atom stereocenters. The number of pyridine rings is 1. The Morgan fingerprint density at radius 2 is 1.97 bits per heavy atom.